The summed E-state index contributed by atoms with van der Waals surface area (Å²) in [6.07, 6.45) is -38.9. The molecule has 0 spiro atoms. The van der Waals surface area contributed by atoms with Crippen molar-refractivity contribution >= 4 is 102 Å². The maximum Gasteiger partial charge on any atom is 0.219 e. The number of carbonyl (C=O) groups is 2. The third-order valence-corrected chi connectivity index (χ3v) is 19.1. The second-order valence-corrected chi connectivity index (χ2v) is 29.6. The zero-order valence-corrected chi connectivity index (χ0v) is 51.8. The number of aliphatic hydroxyl groups is 6. The van der Waals surface area contributed by atoms with Crippen LogP contribution in [-0.2, 0) is 114 Å². The minimum absolute atomic E-state index is 0.0475. The monoisotopic (exact) mass is 1460 g/mol. The number of hydrogen-bond donors (Lipinski definition) is 12. The van der Waals surface area contributed by atoms with Gasteiger partial charge < -0.3 is 131 Å². The van der Waals surface area contributed by atoms with E-state index in [2.05, 4.69) is 10.6 Å². The van der Waals surface area contributed by atoms with Gasteiger partial charge in [0.15, 0.2) is 58.9 Å². The van der Waals surface area contributed by atoms with Gasteiger partial charge in [-0.05, 0) is 31.1 Å². The molecule has 0 aliphatic carbocycles. The summed E-state index contributed by atoms with van der Waals surface area (Å²) in [6.45, 7) is -1.42. The first kappa shape index (κ1) is 76.3. The Labute approximate surface area is 521 Å². The van der Waals surface area contributed by atoms with Crippen molar-refractivity contribution in [2.24, 2.45) is 5.92 Å². The summed E-state index contributed by atoms with van der Waals surface area (Å²) >= 11 is 6.52. The summed E-state index contributed by atoms with van der Waals surface area (Å²) in [5.74, 6) is -9.98. The molecular formula is C39H58N6O37S8-8. The molecule has 23 atom stereocenters. The van der Waals surface area contributed by atoms with Crippen LogP contribution in [-0.4, -0.2) is 303 Å². The Hall–Kier alpha value is -2.74. The van der Waals surface area contributed by atoms with Crippen LogP contribution in [0.3, 0.4) is 0 Å². The standard InChI is InChI=1S/C39H66N6O37S8/c46-14-8-15(34(52)53)78-36(20(14)42-87(62,63)64)80-29-18(11-85(56,57)58)76-16(21(25(29)48)43-88(65,66)67)9-75-31-27(50)23(45-90(71,72)73)37(82-32(31)35(54)55)81-30-19(12-86(59,60)61)77-33(22(26(30)49)44-89(68,69)70)41-39(83)40-5-7-84-10-17-13-4-2-1-3-6-74-38(79-17)28(51)24(13)47/h8,13-14,16-33,36-38,42-51H,1-7,9-12H2,(H,52,53)(H,54,55)(H2,40,41,83)(H,56,57,58)(H,59,60,61)(H,62,63,64)(H,65,66,67)(H,68,69,70)(H,71,72,73)/p-8/t13?,14-,16-,17?,18?,19?,20?,21?,22?,23?,24-,25+,26+,27+,28?,29-,30-,31+,32?,33-,36+,37-,38+/m1/s1. The number of aliphatic carboxylic acids is 2. The Balaban J connectivity index is 1.23. The molecule has 51 heteroatoms. The summed E-state index contributed by atoms with van der Waals surface area (Å²) < 4.78 is 272. The van der Waals surface area contributed by atoms with Crippen LogP contribution in [0, 0.1) is 5.92 Å². The van der Waals surface area contributed by atoms with Gasteiger partial charge in [0.05, 0.1) is 80.8 Å². The molecule has 0 amide bonds. The van der Waals surface area contributed by atoms with Crippen LogP contribution in [0.25, 0.3) is 0 Å². The van der Waals surface area contributed by atoms with Gasteiger partial charge in [0, 0.05) is 30.6 Å². The van der Waals surface area contributed by atoms with E-state index in [1.54, 1.807) is 0 Å². The molecule has 7 aliphatic rings. The van der Waals surface area contributed by atoms with Crippen LogP contribution in [0.2, 0.25) is 0 Å². The second-order valence-electron chi connectivity index (χ2n) is 20.5. The normalized spacial score (nSPS) is 37.6. The van der Waals surface area contributed by atoms with Gasteiger partial charge in [0.1, 0.15) is 91.1 Å². The van der Waals surface area contributed by atoms with E-state index in [0.717, 1.165) is 6.42 Å². The van der Waals surface area contributed by atoms with Crippen molar-refractivity contribution in [2.45, 2.75) is 160 Å². The fourth-order valence-electron chi connectivity index (χ4n) is 10.3. The number of rotatable bonds is 27. The number of carboxylic acids is 2. The van der Waals surface area contributed by atoms with Gasteiger partial charge >= 0.3 is 0 Å². The van der Waals surface area contributed by atoms with Crippen LogP contribution >= 0.6 is 24.0 Å². The molecule has 522 valence electrons. The van der Waals surface area contributed by atoms with Gasteiger partial charge in [-0.2, -0.15) is 11.8 Å². The predicted molar refractivity (Wildman–Crippen MR) is 278 cm³/mol. The van der Waals surface area contributed by atoms with Gasteiger partial charge in [-0.15, -0.1) is 0 Å². The number of carbonyl (C=O) groups excluding carboxylic acids is 2. The zero-order valence-electron chi connectivity index (χ0n) is 45.2. The third-order valence-electron chi connectivity index (χ3n) is 14.1. The molecule has 10 unspecified atom stereocenters. The SMILES string of the molecule is O=C([O-])C1=C[C@@H](O)C(NS(=O)(=O)[O-])[C@H](O[C@@H]2C(CS(=O)(=O)[O-])O[C@H](CO[C@@H]3C(C(=O)[O-])O[C@@H](O[C@@H]4C(CS(=O)(=O)[O-])O[C@@H](NC(=S)NCCSCC5O[C@@H]6OCCCCCC5[C@@H](O)C6O)C(NS(=O)(=O)[O-])[C@@H]4O)C(NS(=O)(=O)[O-])[C@@H]3O)C(NS(=O)(=O)[O-])[C@@H]2O)O1. The number of thiocarbonyl (C=S) groups is 1. The molecule has 12 N–H and O–H groups in total. The van der Waals surface area contributed by atoms with E-state index >= 15 is 0 Å². The van der Waals surface area contributed by atoms with Crippen LogP contribution in [0.5, 0.6) is 0 Å². The molecule has 0 aromatic heterocycles. The molecule has 6 saturated heterocycles. The highest BCUT2D eigenvalue weighted by atomic mass is 32.3. The molecule has 7 rings (SSSR count). The summed E-state index contributed by atoms with van der Waals surface area (Å²) in [5, 5.41) is 95.7. The van der Waals surface area contributed by atoms with Crippen molar-refractivity contribution in [3.63, 3.8) is 0 Å². The lowest BCUT2D eigenvalue weighted by molar-refractivity contribution is -0.353. The number of nitrogens with one attached hydrogen (secondary N) is 6. The highest BCUT2D eigenvalue weighted by molar-refractivity contribution is 7.99. The van der Waals surface area contributed by atoms with E-state index < -0.39 is 243 Å². The predicted octanol–water partition coefficient (Wildman–Crippen LogP) is -14.8. The minimum Gasteiger partial charge on any atom is -0.748 e. The average Bonchev–Trinajstić information content (AvgIpc) is 0.783. The molecule has 6 fully saturated rings. The van der Waals surface area contributed by atoms with Crippen LogP contribution < -0.4 is 39.7 Å². The van der Waals surface area contributed by atoms with Crippen LogP contribution in [0.15, 0.2) is 11.8 Å². The molecular weight excluding hydrogens is 1400 g/mol. The molecule has 2 bridgehead atoms. The number of fused-ring (bicyclic) bond motifs is 7. The molecule has 43 nitrogen and oxygen atoms in total. The summed E-state index contributed by atoms with van der Waals surface area (Å²) in [6, 6.07) is -10.4. The van der Waals surface area contributed by atoms with Crippen molar-refractivity contribution < 1.29 is 171 Å². The molecule has 0 aromatic rings. The van der Waals surface area contributed by atoms with Crippen LogP contribution in [0.4, 0.5) is 0 Å². The van der Waals surface area contributed by atoms with E-state index in [1.165, 1.54) is 30.7 Å². The first-order chi connectivity index (χ1) is 41.4. The van der Waals surface area contributed by atoms with Gasteiger partial charge in [-0.25, -0.2) is 69.4 Å². The average molecular weight is 1460 g/mol. The highest BCUT2D eigenvalue weighted by Crippen LogP contribution is 2.36. The van der Waals surface area contributed by atoms with Gasteiger partial charge in [0.25, 0.3) is 0 Å². The maximum absolute atomic E-state index is 12.8. The Kier molecular flexibility index (Phi) is 26.3. The Morgan fingerprint density at radius 2 is 1.14 bits per heavy atom. The Morgan fingerprint density at radius 3 is 1.71 bits per heavy atom. The second kappa shape index (κ2) is 31.0. The van der Waals surface area contributed by atoms with Crippen molar-refractivity contribution in [3.8, 4) is 0 Å². The van der Waals surface area contributed by atoms with E-state index in [1.807, 2.05) is 0 Å². The van der Waals surface area contributed by atoms with E-state index in [4.69, 9.17) is 54.8 Å². The van der Waals surface area contributed by atoms with Crippen molar-refractivity contribution in [3.05, 3.63) is 11.8 Å². The lowest BCUT2D eigenvalue weighted by Gasteiger charge is -2.50. The van der Waals surface area contributed by atoms with E-state index in [9.17, 15) is 128 Å². The first-order valence-electron chi connectivity index (χ1n) is 25.9. The van der Waals surface area contributed by atoms with Crippen molar-refractivity contribution in [2.75, 3.05) is 42.8 Å². The van der Waals surface area contributed by atoms with Crippen molar-refractivity contribution in [1.82, 2.24) is 29.5 Å². The largest absolute Gasteiger partial charge is 0.748 e. The third kappa shape index (κ3) is 22.2. The fraction of sp³-hybridized carbons (Fsp3) is 0.872. The van der Waals surface area contributed by atoms with E-state index in [-0.39, 0.29) is 30.7 Å². The number of thioether (sulfide) groups is 1. The molecule has 7 aliphatic heterocycles. The van der Waals surface area contributed by atoms with E-state index in [0.29, 0.717) is 19.3 Å². The Morgan fingerprint density at radius 1 is 0.611 bits per heavy atom. The molecule has 7 heterocycles. The first-order valence-corrected chi connectivity index (χ1v) is 36.2. The number of ether oxygens (including phenoxy) is 9. The fourth-order valence-corrected chi connectivity index (χ4v) is 15.2. The quantitative estimate of drug-likeness (QED) is 0.0206. The lowest BCUT2D eigenvalue weighted by atomic mass is 9.85. The summed E-state index contributed by atoms with van der Waals surface area (Å²) in [5.41, 5.74) is 0. The molecule has 0 radical (unpaired) electrons. The smallest absolute Gasteiger partial charge is 0.219 e. The minimum atomic E-state index is -6.04. The highest BCUT2D eigenvalue weighted by Gasteiger charge is 2.56. The van der Waals surface area contributed by atoms with Gasteiger partial charge in [0.2, 0.25) is 6.29 Å². The molecule has 0 aromatic carbocycles. The maximum atomic E-state index is 12.8. The van der Waals surface area contributed by atoms with Gasteiger partial charge in [-0.3, -0.25) is 0 Å². The topological polar surface area (TPSA) is 700 Å². The number of carboxylic acid groups (broad SMARTS) is 2. The molecule has 90 heavy (non-hydrogen) atoms. The van der Waals surface area contributed by atoms with Gasteiger partial charge in [-0.1, -0.05) is 12.8 Å². The number of hydrogen-bond acceptors (Lipinski definition) is 39. The zero-order chi connectivity index (χ0) is 67.4. The number of aliphatic hydroxyl groups excluding tert-OH is 6. The molecule has 0 saturated carbocycles. The summed E-state index contributed by atoms with van der Waals surface area (Å²) in [4.78, 5) is 24.4. The Bertz CT molecular complexity index is 3250. The lowest BCUT2D eigenvalue weighted by Crippen LogP contribution is -2.72. The summed E-state index contributed by atoms with van der Waals surface area (Å²) in [7, 11) is -34.8. The van der Waals surface area contributed by atoms with Crippen LogP contribution in [0.1, 0.15) is 25.7 Å². The van der Waals surface area contributed by atoms with Crippen molar-refractivity contribution in [1.29, 1.82) is 0 Å².